The summed E-state index contributed by atoms with van der Waals surface area (Å²) in [6.45, 7) is 13.4. The van der Waals surface area contributed by atoms with Crippen molar-refractivity contribution in [1.29, 1.82) is 0 Å². The van der Waals surface area contributed by atoms with E-state index in [1.807, 2.05) is 43.6 Å². The Balaban J connectivity index is 1.43. The molecule has 240 valence electrons. The van der Waals surface area contributed by atoms with Crippen LogP contribution in [-0.2, 0) is 16.6 Å². The van der Waals surface area contributed by atoms with Crippen molar-refractivity contribution in [2.24, 2.45) is 7.05 Å². The first-order chi connectivity index (χ1) is 21.5. The van der Waals surface area contributed by atoms with E-state index >= 15 is 0 Å². The fourth-order valence-electron chi connectivity index (χ4n) is 5.13. The summed E-state index contributed by atoms with van der Waals surface area (Å²) in [6.07, 6.45) is 4.20. The minimum Gasteiger partial charge on any atom is -0.488 e. The number of carbonyl (C=O) groups is 2. The minimum absolute atomic E-state index is 0.0513. The zero-order chi connectivity index (χ0) is 33.4. The van der Waals surface area contributed by atoms with Gasteiger partial charge in [-0.25, -0.2) is 19.6 Å². The summed E-state index contributed by atoms with van der Waals surface area (Å²) in [5.74, 6) is 3.04. The fraction of sp³-hybridized carbons (Fsp3) is 0.382. The lowest BCUT2D eigenvalue weighted by molar-refractivity contribution is -0.148. The van der Waals surface area contributed by atoms with Gasteiger partial charge in [0.25, 0.3) is 0 Å². The van der Waals surface area contributed by atoms with Gasteiger partial charge in [-0.3, -0.25) is 9.58 Å². The number of hydrogen-bond acceptors (Lipinski definition) is 8. The molecule has 2 aromatic heterocycles. The van der Waals surface area contributed by atoms with Gasteiger partial charge in [-0.2, -0.15) is 5.10 Å². The summed E-state index contributed by atoms with van der Waals surface area (Å²) in [4.78, 5) is 35.8. The molecule has 12 heteroatoms. The van der Waals surface area contributed by atoms with Crippen molar-refractivity contribution >= 4 is 42.7 Å². The number of rotatable bonds is 6. The number of carbonyl (C=O) groups excluding carboxylic acids is 1. The number of benzene rings is 2. The highest BCUT2D eigenvalue weighted by molar-refractivity contribution is 6.83. The maximum absolute atomic E-state index is 13.0. The van der Waals surface area contributed by atoms with Crippen LogP contribution in [0.5, 0.6) is 5.75 Å². The summed E-state index contributed by atoms with van der Waals surface area (Å²) in [5, 5.41) is 18.6. The van der Waals surface area contributed by atoms with Gasteiger partial charge < -0.3 is 19.9 Å². The Morgan fingerprint density at radius 3 is 2.52 bits per heavy atom. The topological polar surface area (TPSA) is 132 Å². The Labute approximate surface area is 270 Å². The van der Waals surface area contributed by atoms with Crippen molar-refractivity contribution in [2.75, 3.05) is 11.9 Å². The van der Waals surface area contributed by atoms with Crippen LogP contribution < -0.4 is 10.1 Å². The number of nitrogens with one attached hydrogen (secondary N) is 1. The second-order valence-corrected chi connectivity index (χ2v) is 18.6. The minimum atomic E-state index is -1.50. The van der Waals surface area contributed by atoms with Gasteiger partial charge >= 0.3 is 12.1 Å². The molecule has 1 fully saturated rings. The number of anilines is 2. The van der Waals surface area contributed by atoms with Crippen molar-refractivity contribution in [3.05, 3.63) is 60.6 Å². The Kier molecular flexibility index (Phi) is 8.57. The number of likely N-dealkylation sites (tertiary alicyclic amines) is 1. The number of ether oxygens (including phenoxy) is 2. The van der Waals surface area contributed by atoms with Crippen LogP contribution in [0.4, 0.5) is 16.4 Å². The highest BCUT2D eigenvalue weighted by Crippen LogP contribution is 2.36. The molecular weight excluding hydrogens is 600 g/mol. The number of carboxylic acids is 1. The van der Waals surface area contributed by atoms with Gasteiger partial charge in [0.2, 0.25) is 5.95 Å². The number of hydrogen-bond donors (Lipinski definition) is 2. The molecule has 1 amide bonds. The van der Waals surface area contributed by atoms with E-state index < -0.39 is 37.4 Å². The Morgan fingerprint density at radius 2 is 1.87 bits per heavy atom. The fourth-order valence-corrected chi connectivity index (χ4v) is 5.65. The van der Waals surface area contributed by atoms with E-state index in [0.717, 1.165) is 27.6 Å². The quantitative estimate of drug-likeness (QED) is 0.186. The predicted molar refractivity (Wildman–Crippen MR) is 180 cm³/mol. The smallest absolute Gasteiger partial charge is 0.411 e. The molecule has 0 unspecified atom stereocenters. The molecule has 3 heterocycles. The van der Waals surface area contributed by atoms with Crippen molar-refractivity contribution in [2.45, 2.75) is 71.0 Å². The van der Waals surface area contributed by atoms with Gasteiger partial charge in [0, 0.05) is 54.1 Å². The maximum atomic E-state index is 13.0. The monoisotopic (exact) mass is 640 g/mol. The van der Waals surface area contributed by atoms with E-state index in [1.165, 1.54) is 11.8 Å². The van der Waals surface area contributed by atoms with E-state index in [4.69, 9.17) is 14.5 Å². The van der Waals surface area contributed by atoms with E-state index in [1.54, 1.807) is 43.9 Å². The number of amides is 1. The first-order valence-electron chi connectivity index (χ1n) is 15.1. The third-order valence-corrected chi connectivity index (χ3v) is 8.22. The average Bonchev–Trinajstić information content (AvgIpc) is 3.54. The zero-order valence-electron chi connectivity index (χ0n) is 27.5. The van der Waals surface area contributed by atoms with Crippen LogP contribution in [0, 0.1) is 11.5 Å². The average molecular weight is 641 g/mol. The van der Waals surface area contributed by atoms with Crippen LogP contribution in [-0.4, -0.2) is 73.7 Å². The first kappa shape index (κ1) is 32.5. The van der Waals surface area contributed by atoms with E-state index in [0.29, 0.717) is 17.4 Å². The van der Waals surface area contributed by atoms with E-state index in [2.05, 4.69) is 46.5 Å². The lowest BCUT2D eigenvalue weighted by Gasteiger charge is -2.32. The molecule has 5 rings (SSSR count). The van der Waals surface area contributed by atoms with Gasteiger partial charge in [0.05, 0.1) is 18.3 Å². The molecule has 1 saturated heterocycles. The van der Waals surface area contributed by atoms with Gasteiger partial charge in [-0.05, 0) is 63.6 Å². The lowest BCUT2D eigenvalue weighted by atomic mass is 9.98. The molecule has 1 aliphatic rings. The van der Waals surface area contributed by atoms with Crippen LogP contribution in [0.2, 0.25) is 19.6 Å². The van der Waals surface area contributed by atoms with Gasteiger partial charge in [-0.1, -0.05) is 25.6 Å². The Morgan fingerprint density at radius 1 is 1.11 bits per heavy atom. The molecule has 2 N–H and O–H groups in total. The number of aromatic nitrogens is 4. The molecule has 2 aromatic carbocycles. The number of carboxylic acid groups (broad SMARTS) is 1. The molecule has 1 aliphatic heterocycles. The molecule has 0 spiro atoms. The second-order valence-electron chi connectivity index (χ2n) is 13.9. The summed E-state index contributed by atoms with van der Waals surface area (Å²) in [5.41, 5.74) is 5.17. The van der Waals surface area contributed by atoms with Gasteiger partial charge in [-0.15, -0.1) is 5.54 Å². The van der Waals surface area contributed by atoms with E-state index in [-0.39, 0.29) is 13.0 Å². The van der Waals surface area contributed by atoms with Crippen molar-refractivity contribution in [3.63, 3.8) is 0 Å². The van der Waals surface area contributed by atoms with Crippen LogP contribution in [0.15, 0.2) is 55.0 Å². The molecule has 46 heavy (non-hydrogen) atoms. The molecule has 2 atom stereocenters. The summed E-state index contributed by atoms with van der Waals surface area (Å²) in [6, 6.07) is 11.5. The van der Waals surface area contributed by atoms with Gasteiger partial charge in [0.15, 0.2) is 0 Å². The van der Waals surface area contributed by atoms with E-state index in [9.17, 15) is 14.7 Å². The van der Waals surface area contributed by atoms with Crippen LogP contribution in [0.3, 0.4) is 0 Å². The van der Waals surface area contributed by atoms with Crippen molar-refractivity contribution in [1.82, 2.24) is 24.6 Å². The third-order valence-electron chi connectivity index (χ3n) is 7.35. The maximum Gasteiger partial charge on any atom is 0.411 e. The number of aryl methyl sites for hydroxylation is 1. The SMILES string of the molecule is Cn1cc(-c2cc(Nc3ncc4cc(C#C[Si](C)(C)C)ccc4n3)cc(O[C@@H]3CN(C(=O)OC(C)(C)C)[C@](C)(C(=O)O)C3)c2)cn1. The predicted octanol–water partition coefficient (Wildman–Crippen LogP) is 6.23. The third kappa shape index (κ3) is 7.66. The van der Waals surface area contributed by atoms with Crippen LogP contribution >= 0.6 is 0 Å². The second kappa shape index (κ2) is 12.1. The Bertz CT molecular complexity index is 1870. The first-order valence-corrected chi connectivity index (χ1v) is 18.6. The highest BCUT2D eigenvalue weighted by atomic mass is 28.3. The summed E-state index contributed by atoms with van der Waals surface area (Å²) in [7, 11) is 0.337. The largest absolute Gasteiger partial charge is 0.488 e. The van der Waals surface area contributed by atoms with Crippen LogP contribution in [0.1, 0.15) is 39.7 Å². The molecule has 0 saturated carbocycles. The molecule has 4 aromatic rings. The highest BCUT2D eigenvalue weighted by Gasteiger charge is 2.52. The number of fused-ring (bicyclic) bond motifs is 1. The van der Waals surface area contributed by atoms with Gasteiger partial charge in [0.1, 0.15) is 31.1 Å². The number of aliphatic carboxylic acids is 1. The normalized spacial score (nSPS) is 18.2. The lowest BCUT2D eigenvalue weighted by Crippen LogP contribution is -2.52. The Hall–Kier alpha value is -4.89. The molecule has 11 nitrogen and oxygen atoms in total. The summed E-state index contributed by atoms with van der Waals surface area (Å²) >= 11 is 0. The van der Waals surface area contributed by atoms with Crippen molar-refractivity contribution in [3.8, 4) is 28.3 Å². The standard InChI is InChI=1S/C34H40N6O5Si/c1-33(2,3)45-32(43)40-21-28(17-34(40,4)30(41)42)44-27-15-23(25-19-36-39(5)20-25)14-26(16-27)37-31-35-18-24-13-22(9-10-29(24)38-31)11-12-46(6,7)8/h9-10,13-16,18-20,28H,17,21H2,1-8H3,(H,41,42)(H,35,37,38)/t28-,34-/m0/s1. The molecule has 0 bridgehead atoms. The number of nitrogens with zero attached hydrogens (tertiary/aromatic N) is 5. The molecular formula is C34H40N6O5Si. The van der Waals surface area contributed by atoms with Crippen molar-refractivity contribution < 1.29 is 24.2 Å². The molecule has 0 radical (unpaired) electrons. The molecule has 0 aliphatic carbocycles. The zero-order valence-corrected chi connectivity index (χ0v) is 28.5. The van der Waals surface area contributed by atoms with Crippen LogP contribution in [0.25, 0.3) is 22.0 Å². The summed E-state index contributed by atoms with van der Waals surface area (Å²) < 4.78 is 13.6.